The number of imidazole rings is 1. The van der Waals surface area contributed by atoms with Gasteiger partial charge in [0.2, 0.25) is 0 Å². The van der Waals surface area contributed by atoms with Gasteiger partial charge in [-0.05, 0) is 156 Å². The second-order valence-corrected chi connectivity index (χ2v) is 24.9. The van der Waals surface area contributed by atoms with Crippen molar-refractivity contribution < 1.29 is 19.0 Å². The predicted octanol–water partition coefficient (Wildman–Crippen LogP) is 14.8. The van der Waals surface area contributed by atoms with Crippen LogP contribution in [0.3, 0.4) is 0 Å². The van der Waals surface area contributed by atoms with E-state index in [1.165, 1.54) is 135 Å². The molecule has 1 amide bonds. The average Bonchev–Trinajstić information content (AvgIpc) is 3.95. The number of likely N-dealkylation sites (tertiary alicyclic amines) is 1. The van der Waals surface area contributed by atoms with Crippen LogP contribution in [-0.4, -0.2) is 91.3 Å². The molecule has 9 nitrogen and oxygen atoms in total. The summed E-state index contributed by atoms with van der Waals surface area (Å²) in [7, 11) is 2.00. The van der Waals surface area contributed by atoms with Crippen molar-refractivity contribution in [3.05, 3.63) is 54.2 Å². The van der Waals surface area contributed by atoms with Crippen LogP contribution in [0.4, 0.5) is 4.79 Å². The van der Waals surface area contributed by atoms with Crippen LogP contribution in [0.15, 0.2) is 48.5 Å². The second-order valence-electron chi connectivity index (χ2n) is 24.9. The van der Waals surface area contributed by atoms with Crippen LogP contribution in [0.2, 0.25) is 0 Å². The maximum absolute atomic E-state index is 13.7. The van der Waals surface area contributed by atoms with Crippen LogP contribution in [0.1, 0.15) is 214 Å². The summed E-state index contributed by atoms with van der Waals surface area (Å²) in [5.41, 5.74) is 3.27. The Kier molecular flexibility index (Phi) is 25.8. The Morgan fingerprint density at radius 2 is 1.62 bits per heavy atom. The monoisotopic (exact) mass is 1000 g/mol. The molecule has 410 valence electrons. The highest BCUT2D eigenvalue weighted by molar-refractivity contribution is 5.68. The Morgan fingerprint density at radius 1 is 0.861 bits per heavy atom. The van der Waals surface area contributed by atoms with Gasteiger partial charge in [0, 0.05) is 52.3 Å². The van der Waals surface area contributed by atoms with E-state index in [0.29, 0.717) is 38.1 Å². The lowest BCUT2D eigenvalue weighted by atomic mass is 9.47. The third-order valence-electron chi connectivity index (χ3n) is 18.8. The van der Waals surface area contributed by atoms with Gasteiger partial charge < -0.3 is 34.3 Å². The number of carbonyl (C=O) groups excluding carboxylic acids is 1. The van der Waals surface area contributed by atoms with Crippen molar-refractivity contribution in [3.63, 3.8) is 0 Å². The van der Waals surface area contributed by atoms with Crippen molar-refractivity contribution >= 4 is 6.09 Å². The number of allylic oxidation sites excluding steroid dienone is 5. The summed E-state index contributed by atoms with van der Waals surface area (Å²) in [4.78, 5) is 20.9. The van der Waals surface area contributed by atoms with Gasteiger partial charge in [0.25, 0.3) is 0 Å². The normalized spacial score (nSPS) is 27.9. The number of rotatable bonds is 34. The third kappa shape index (κ3) is 18.7. The van der Waals surface area contributed by atoms with Gasteiger partial charge in [-0.2, -0.15) is 0 Å². The van der Waals surface area contributed by atoms with Crippen LogP contribution < -0.4 is 10.6 Å². The van der Waals surface area contributed by atoms with Gasteiger partial charge in [-0.15, -0.1) is 0 Å². The molecule has 1 aromatic rings. The second kappa shape index (κ2) is 31.6. The molecule has 3 saturated carbocycles. The third-order valence-corrected chi connectivity index (χ3v) is 18.8. The fourth-order valence-corrected chi connectivity index (χ4v) is 14.7. The number of unbranched alkanes of at least 4 members (excludes halogenated alkanes) is 9. The van der Waals surface area contributed by atoms with Crippen LogP contribution in [0, 0.1) is 46.3 Å². The number of carbonyl (C=O) groups is 1. The molecule has 4 aliphatic carbocycles. The molecule has 2 heterocycles. The Morgan fingerprint density at radius 3 is 2.38 bits per heavy atom. The van der Waals surface area contributed by atoms with Crippen molar-refractivity contribution in [1.29, 1.82) is 0 Å². The largest absolute Gasteiger partial charge is 0.446 e. The number of hydrogen-bond donors (Lipinski definition) is 2. The summed E-state index contributed by atoms with van der Waals surface area (Å²) >= 11 is 0. The van der Waals surface area contributed by atoms with Crippen LogP contribution in [0.5, 0.6) is 0 Å². The lowest BCUT2D eigenvalue weighted by molar-refractivity contribution is -0.0582. The molecule has 4 fully saturated rings. The molecule has 10 atom stereocenters. The molecule has 5 aliphatic rings. The maximum Gasteiger partial charge on any atom is 0.407 e. The van der Waals surface area contributed by atoms with Gasteiger partial charge in [0.1, 0.15) is 6.10 Å². The highest BCUT2D eigenvalue weighted by Crippen LogP contribution is 2.67. The summed E-state index contributed by atoms with van der Waals surface area (Å²) in [5, 5.41) is 6.89. The molecule has 9 heteroatoms. The first-order valence-corrected chi connectivity index (χ1v) is 30.5. The molecule has 1 saturated heterocycles. The first kappa shape index (κ1) is 58.8. The minimum atomic E-state index is -0.302. The maximum atomic E-state index is 13.7. The molecule has 1 aromatic heterocycles. The van der Waals surface area contributed by atoms with Gasteiger partial charge in [-0.25, -0.2) is 9.78 Å². The quantitative estimate of drug-likeness (QED) is 0.0525. The predicted molar refractivity (Wildman–Crippen MR) is 300 cm³/mol. The molecule has 72 heavy (non-hydrogen) atoms. The number of amides is 1. The number of ether oxygens (including phenoxy) is 3. The molecule has 0 aromatic carbocycles. The van der Waals surface area contributed by atoms with E-state index in [4.69, 9.17) is 14.2 Å². The number of piperidine rings is 1. The molecular formula is C63H109N5O4. The molecule has 2 N–H and O–H groups in total. The van der Waals surface area contributed by atoms with E-state index in [2.05, 4.69) is 92.4 Å². The lowest BCUT2D eigenvalue weighted by Gasteiger charge is -2.58. The van der Waals surface area contributed by atoms with Crippen molar-refractivity contribution in [2.24, 2.45) is 53.4 Å². The van der Waals surface area contributed by atoms with Crippen LogP contribution in [0.25, 0.3) is 0 Å². The zero-order chi connectivity index (χ0) is 51.0. The number of nitrogens with zero attached hydrogens (tertiary/aromatic N) is 3. The highest BCUT2D eigenvalue weighted by atomic mass is 16.6. The molecule has 0 bridgehead atoms. The van der Waals surface area contributed by atoms with Crippen LogP contribution >= 0.6 is 0 Å². The standard InChI is InChI=1S/C63H109N5O4/c1-8-9-10-11-12-13-14-15-16-17-18-19-20-21-22-26-41-70-48-56(47-68-39-24-23-25-40-68)71-42-38-64-45-53(44-54-46-67(7)49-65-54)66-61(69)72-55-34-36-62(5)52(43-55)30-31-57-59-33-32-58(51(4)29-27-28-50(2)3)63(59,6)37-35-60(57)62/h12-13,15-16,30,46,49-51,53,55-60,64H,8-11,14,17-29,31-45,47-48H2,1-7H3,(H,66,69)/b13-12-,16-15-/t51-,53+,55+,56?,57+,58-,59+,60+,62+,63-/m1/s1. The number of fused-ring (bicyclic) bond motifs is 5. The molecule has 1 aliphatic heterocycles. The zero-order valence-corrected chi connectivity index (χ0v) is 47.5. The first-order chi connectivity index (χ1) is 35.0. The van der Waals surface area contributed by atoms with Gasteiger partial charge in [0.15, 0.2) is 0 Å². The van der Waals surface area contributed by atoms with E-state index < -0.39 is 0 Å². The van der Waals surface area contributed by atoms with Gasteiger partial charge in [0.05, 0.1) is 37.4 Å². The fraction of sp³-hybridized carbons (Fsp3) is 0.841. The Hall–Kier alpha value is -2.46. The minimum Gasteiger partial charge on any atom is -0.446 e. The number of alkyl carbamates (subject to hydrolysis) is 1. The molecule has 6 rings (SSSR count). The highest BCUT2D eigenvalue weighted by Gasteiger charge is 2.59. The summed E-state index contributed by atoms with van der Waals surface area (Å²) < 4.78 is 21.1. The summed E-state index contributed by atoms with van der Waals surface area (Å²) in [6.07, 6.45) is 49.1. The zero-order valence-electron chi connectivity index (χ0n) is 47.5. The Balaban J connectivity index is 0.895. The van der Waals surface area contributed by atoms with E-state index in [-0.39, 0.29) is 29.8 Å². The number of aryl methyl sites for hydroxylation is 1. The summed E-state index contributed by atoms with van der Waals surface area (Å²) in [6.45, 7) is 21.5. The molecule has 0 radical (unpaired) electrons. The molecule has 1 unspecified atom stereocenters. The van der Waals surface area contributed by atoms with Crippen molar-refractivity contribution in [2.45, 2.75) is 233 Å². The van der Waals surface area contributed by atoms with E-state index in [0.717, 1.165) is 99.5 Å². The Bertz CT molecular complexity index is 1750. The number of aromatic nitrogens is 2. The number of nitrogens with one attached hydrogen (secondary N) is 2. The Labute approximate surface area is 441 Å². The van der Waals surface area contributed by atoms with E-state index >= 15 is 0 Å². The van der Waals surface area contributed by atoms with E-state index in [1.54, 1.807) is 5.57 Å². The van der Waals surface area contributed by atoms with Crippen molar-refractivity contribution in [1.82, 2.24) is 25.1 Å². The molecular weight excluding hydrogens is 891 g/mol. The van der Waals surface area contributed by atoms with Crippen LogP contribution in [-0.2, 0) is 27.7 Å². The summed E-state index contributed by atoms with van der Waals surface area (Å²) in [5.74, 6) is 4.96. The lowest BCUT2D eigenvalue weighted by Crippen LogP contribution is -2.51. The van der Waals surface area contributed by atoms with Gasteiger partial charge in [-0.3, -0.25) is 0 Å². The topological polar surface area (TPSA) is 89.9 Å². The smallest absolute Gasteiger partial charge is 0.407 e. The van der Waals surface area contributed by atoms with Gasteiger partial charge in [-0.1, -0.05) is 142 Å². The summed E-state index contributed by atoms with van der Waals surface area (Å²) in [6, 6.07) is -0.151. The fourth-order valence-electron chi connectivity index (χ4n) is 14.7. The van der Waals surface area contributed by atoms with Gasteiger partial charge >= 0.3 is 6.09 Å². The number of hydrogen-bond acceptors (Lipinski definition) is 7. The van der Waals surface area contributed by atoms with Crippen molar-refractivity contribution in [2.75, 3.05) is 52.5 Å². The SMILES string of the molecule is CCCCC/C=C\C/C=C\CCCCCCCCOCC(CN1CCCCC1)OCCNC[C@H](Cc1cn(C)cn1)NC(=O)O[C@H]1CC[C@@]2(C)C(=CC[C@H]3[C@@H]4CC[C@H]([C@H](C)CCCC(C)C)[C@@]4(C)CC[C@@H]32)C1. The molecule has 0 spiro atoms. The van der Waals surface area contributed by atoms with Crippen molar-refractivity contribution in [3.8, 4) is 0 Å². The minimum absolute atomic E-state index is 0.0564. The van der Waals surface area contributed by atoms with E-state index in [9.17, 15) is 4.79 Å². The average molecular weight is 1000 g/mol. The first-order valence-electron chi connectivity index (χ1n) is 30.5. The van der Waals surface area contributed by atoms with E-state index in [1.807, 2.05) is 24.1 Å².